The van der Waals surface area contributed by atoms with Crippen LogP contribution in [0.15, 0.2) is 45.5 Å². The van der Waals surface area contributed by atoms with Gasteiger partial charge < -0.3 is 9.32 Å². The molecule has 1 aliphatic rings. The lowest BCUT2D eigenvalue weighted by Crippen LogP contribution is -2.40. The van der Waals surface area contributed by atoms with E-state index in [9.17, 15) is 13.2 Å². The largest absolute Gasteiger partial charge is 0.452 e. The Kier molecular flexibility index (Phi) is 5.03. The molecule has 1 atom stereocenters. The third-order valence-corrected chi connectivity index (χ3v) is 6.38. The number of hydrogen-bond donors (Lipinski definition) is 0. The van der Waals surface area contributed by atoms with Crippen molar-refractivity contribution in [3.8, 4) is 0 Å². The zero-order valence-corrected chi connectivity index (χ0v) is 15.8. The smallest absolute Gasteiger partial charge is 0.254 e. The first-order valence-corrected chi connectivity index (χ1v) is 10.3. The normalized spacial score (nSPS) is 19.3. The fourth-order valence-electron chi connectivity index (χ4n) is 2.75. The number of furan rings is 1. The quantitative estimate of drug-likeness (QED) is 0.741. The highest BCUT2D eigenvalue weighted by molar-refractivity contribution is 9.10. The maximum atomic E-state index is 12.9. The van der Waals surface area contributed by atoms with Gasteiger partial charge in [-0.1, -0.05) is 11.6 Å². The van der Waals surface area contributed by atoms with Crippen LogP contribution >= 0.6 is 27.5 Å². The molecule has 0 spiro atoms. The summed E-state index contributed by atoms with van der Waals surface area (Å²) in [4.78, 5) is 14.5. The van der Waals surface area contributed by atoms with Crippen molar-refractivity contribution in [2.45, 2.75) is 19.0 Å². The van der Waals surface area contributed by atoms with Crippen molar-refractivity contribution in [3.63, 3.8) is 0 Å². The van der Waals surface area contributed by atoms with Gasteiger partial charge >= 0.3 is 0 Å². The summed E-state index contributed by atoms with van der Waals surface area (Å²) < 4.78 is 29.7. The van der Waals surface area contributed by atoms with E-state index < -0.39 is 9.84 Å². The van der Waals surface area contributed by atoms with Crippen LogP contribution in [0.25, 0.3) is 0 Å². The minimum Gasteiger partial charge on any atom is -0.452 e. The van der Waals surface area contributed by atoms with Gasteiger partial charge in [-0.15, -0.1) is 0 Å². The van der Waals surface area contributed by atoms with Crippen LogP contribution in [0.5, 0.6) is 0 Å². The van der Waals surface area contributed by atoms with Crippen LogP contribution in [0.3, 0.4) is 0 Å². The topological polar surface area (TPSA) is 67.6 Å². The molecule has 0 aliphatic carbocycles. The molecule has 0 saturated carbocycles. The average Bonchev–Trinajstić information content (AvgIpc) is 3.10. The molecular weight excluding hydrogens is 418 g/mol. The lowest BCUT2D eigenvalue weighted by Gasteiger charge is -2.27. The van der Waals surface area contributed by atoms with E-state index in [0.717, 1.165) is 0 Å². The molecule has 1 saturated heterocycles. The van der Waals surface area contributed by atoms with E-state index in [1.165, 1.54) is 0 Å². The van der Waals surface area contributed by atoms with Crippen LogP contribution in [-0.4, -0.2) is 36.8 Å². The van der Waals surface area contributed by atoms with Gasteiger partial charge in [0.2, 0.25) is 0 Å². The number of benzene rings is 1. The maximum Gasteiger partial charge on any atom is 0.254 e. The van der Waals surface area contributed by atoms with Crippen molar-refractivity contribution in [3.05, 3.63) is 57.4 Å². The molecule has 8 heteroatoms. The highest BCUT2D eigenvalue weighted by Crippen LogP contribution is 2.24. The first-order valence-electron chi connectivity index (χ1n) is 7.35. The molecule has 1 amide bonds. The SMILES string of the molecule is O=C(c1ccc(Cl)cc1)N(Cc1ccc(Br)o1)C1CCS(=O)(=O)C1. The molecule has 3 rings (SSSR count). The van der Waals surface area contributed by atoms with Crippen LogP contribution in [0.1, 0.15) is 22.5 Å². The molecular formula is C16H15BrClNO4S. The predicted molar refractivity (Wildman–Crippen MR) is 94.8 cm³/mol. The van der Waals surface area contributed by atoms with Gasteiger partial charge in [-0.05, 0) is 58.7 Å². The van der Waals surface area contributed by atoms with Crippen LogP contribution < -0.4 is 0 Å². The van der Waals surface area contributed by atoms with E-state index in [4.69, 9.17) is 16.0 Å². The van der Waals surface area contributed by atoms with Gasteiger partial charge in [0.15, 0.2) is 14.5 Å². The molecule has 1 aliphatic heterocycles. The van der Waals surface area contributed by atoms with Gasteiger partial charge in [0.1, 0.15) is 5.76 Å². The number of rotatable bonds is 4. The number of nitrogens with zero attached hydrogens (tertiary/aromatic N) is 1. The highest BCUT2D eigenvalue weighted by Gasteiger charge is 2.35. The molecule has 24 heavy (non-hydrogen) atoms. The van der Waals surface area contributed by atoms with Gasteiger partial charge in [0.25, 0.3) is 5.91 Å². The van der Waals surface area contributed by atoms with Crippen molar-refractivity contribution >= 4 is 43.3 Å². The monoisotopic (exact) mass is 431 g/mol. The van der Waals surface area contributed by atoms with E-state index in [-0.39, 0.29) is 30.0 Å². The molecule has 128 valence electrons. The number of amides is 1. The molecule has 2 heterocycles. The lowest BCUT2D eigenvalue weighted by molar-refractivity contribution is 0.0665. The third kappa shape index (κ3) is 4.02. The van der Waals surface area contributed by atoms with Crippen molar-refractivity contribution in [1.82, 2.24) is 4.90 Å². The van der Waals surface area contributed by atoms with Crippen molar-refractivity contribution in [2.75, 3.05) is 11.5 Å². The second-order valence-electron chi connectivity index (χ2n) is 5.70. The molecule has 2 aromatic rings. The summed E-state index contributed by atoms with van der Waals surface area (Å²) in [7, 11) is -3.10. The van der Waals surface area contributed by atoms with Crippen LogP contribution in [0.2, 0.25) is 5.02 Å². The Morgan fingerprint density at radius 1 is 1.25 bits per heavy atom. The van der Waals surface area contributed by atoms with E-state index in [1.807, 2.05) is 0 Å². The van der Waals surface area contributed by atoms with Gasteiger partial charge in [0.05, 0.1) is 18.1 Å². The number of halogens is 2. The fraction of sp³-hybridized carbons (Fsp3) is 0.312. The molecule has 1 aromatic carbocycles. The molecule has 0 radical (unpaired) electrons. The standard InChI is InChI=1S/C16H15BrClNO4S/c17-15-6-5-14(23-15)9-19(13-7-8-24(21,22)10-13)16(20)11-1-3-12(18)4-2-11/h1-6,13H,7-10H2. The second kappa shape index (κ2) is 6.90. The average molecular weight is 433 g/mol. The number of carbonyl (C=O) groups is 1. The van der Waals surface area contributed by atoms with Crippen LogP contribution in [0.4, 0.5) is 0 Å². The van der Waals surface area contributed by atoms with Gasteiger partial charge in [-0.2, -0.15) is 0 Å². The summed E-state index contributed by atoms with van der Waals surface area (Å²) in [6.45, 7) is 0.216. The Hall–Kier alpha value is -1.31. The minimum atomic E-state index is -3.10. The van der Waals surface area contributed by atoms with Crippen molar-refractivity contribution in [2.24, 2.45) is 0 Å². The first-order chi connectivity index (χ1) is 11.3. The number of hydrogen-bond acceptors (Lipinski definition) is 4. The summed E-state index contributed by atoms with van der Waals surface area (Å²) in [5, 5.41) is 0.538. The second-order valence-corrected chi connectivity index (χ2v) is 9.15. The Bertz CT molecular complexity index is 847. The lowest BCUT2D eigenvalue weighted by atomic mass is 10.1. The molecule has 0 N–H and O–H groups in total. The number of sulfone groups is 1. The van der Waals surface area contributed by atoms with Gasteiger partial charge in [-0.25, -0.2) is 8.42 Å². The van der Waals surface area contributed by atoms with E-state index in [1.54, 1.807) is 41.3 Å². The Morgan fingerprint density at radius 2 is 1.96 bits per heavy atom. The summed E-state index contributed by atoms with van der Waals surface area (Å²) in [5.74, 6) is 0.438. The van der Waals surface area contributed by atoms with E-state index in [0.29, 0.717) is 27.4 Å². The maximum absolute atomic E-state index is 12.9. The molecule has 5 nitrogen and oxygen atoms in total. The van der Waals surface area contributed by atoms with Gasteiger partial charge in [0, 0.05) is 16.6 Å². The van der Waals surface area contributed by atoms with E-state index >= 15 is 0 Å². The van der Waals surface area contributed by atoms with Crippen LogP contribution in [-0.2, 0) is 16.4 Å². The predicted octanol–water partition coefficient (Wildman–Crippen LogP) is 3.53. The zero-order valence-electron chi connectivity index (χ0n) is 12.6. The minimum absolute atomic E-state index is 0.0196. The zero-order chi connectivity index (χ0) is 17.3. The summed E-state index contributed by atoms with van der Waals surface area (Å²) in [6.07, 6.45) is 0.434. The summed E-state index contributed by atoms with van der Waals surface area (Å²) in [5.41, 5.74) is 0.467. The van der Waals surface area contributed by atoms with Crippen LogP contribution in [0, 0.1) is 0 Å². The van der Waals surface area contributed by atoms with Gasteiger partial charge in [-0.3, -0.25) is 4.79 Å². The highest BCUT2D eigenvalue weighted by atomic mass is 79.9. The summed E-state index contributed by atoms with van der Waals surface area (Å²) in [6, 6.07) is 9.70. The number of carbonyl (C=O) groups excluding carboxylic acids is 1. The summed E-state index contributed by atoms with van der Waals surface area (Å²) >= 11 is 9.10. The molecule has 1 fully saturated rings. The Labute approximate surface area is 153 Å². The molecule has 0 bridgehead atoms. The Morgan fingerprint density at radius 3 is 2.50 bits per heavy atom. The Balaban J connectivity index is 1.88. The first kappa shape index (κ1) is 17.5. The molecule has 1 unspecified atom stereocenters. The fourth-order valence-corrected chi connectivity index (χ4v) is 4.95. The third-order valence-electron chi connectivity index (χ3n) is 3.96. The van der Waals surface area contributed by atoms with Crippen molar-refractivity contribution in [1.29, 1.82) is 0 Å². The molecule has 1 aromatic heterocycles. The van der Waals surface area contributed by atoms with E-state index in [2.05, 4.69) is 15.9 Å². The van der Waals surface area contributed by atoms with Crippen molar-refractivity contribution < 1.29 is 17.6 Å².